The average molecular weight is 790 g/mol. The Hall–Kier alpha value is -4.34. The molecule has 2 aliphatic rings. The quantitative estimate of drug-likeness (QED) is 0.178. The summed E-state index contributed by atoms with van der Waals surface area (Å²) in [5.74, 6) is -1.85. The van der Waals surface area contributed by atoms with E-state index in [0.29, 0.717) is 55.9 Å². The number of carbonyl (C=O) groups excluding carboxylic acids is 4. The molecule has 4 heterocycles. The number of rotatable bonds is 8. The second-order valence-corrected chi connectivity index (χ2v) is 13.0. The molecule has 6 N–H and O–H groups in total. The zero-order valence-electron chi connectivity index (χ0n) is 25.6. The van der Waals surface area contributed by atoms with Crippen LogP contribution in [0.25, 0.3) is 22.3 Å². The van der Waals surface area contributed by atoms with E-state index in [-0.39, 0.29) is 66.9 Å². The smallest absolute Gasteiger partial charge is 0.268 e. The average Bonchev–Trinajstić information content (AvgIpc) is 3.58. The van der Waals surface area contributed by atoms with Gasteiger partial charge in [0.25, 0.3) is 11.8 Å². The van der Waals surface area contributed by atoms with E-state index in [2.05, 4.69) is 47.8 Å². The molecule has 48 heavy (non-hydrogen) atoms. The van der Waals surface area contributed by atoms with E-state index in [1.807, 2.05) is 0 Å². The fraction of sp³-hybridized carbons (Fsp3) is 0.273. The normalized spacial score (nSPS) is 17.2. The molecule has 2 aliphatic heterocycles. The topological polar surface area (TPSA) is 160 Å². The van der Waals surface area contributed by atoms with Gasteiger partial charge in [-0.2, -0.15) is 0 Å². The van der Waals surface area contributed by atoms with Crippen LogP contribution in [0, 0.1) is 11.6 Å². The standard InChI is InChI=1S/C18H19BrFN3O3.C15H13BrFN3O2/c1-10(9-24)22-16(25)6-13-8-21-18(26)15-7-14(17(19)23(13)15)11-3-2-4-12(20)5-11;16-14-11(8-2-1-3-9(17)4-8)6-12-15(22)19-7-10(20(12)14)5-13(18)21/h2-5,7,10,13,24H,6,8-9H2,1H3,(H,21,26)(H,22,25);1-4,6,10H,5,7H2,(H2,18,21)(H,19,22)/t10-,13-;/m0./s1. The number of aliphatic hydroxyl groups is 1. The van der Waals surface area contributed by atoms with Crippen LogP contribution in [0.4, 0.5) is 8.78 Å². The van der Waals surface area contributed by atoms with Gasteiger partial charge in [-0.3, -0.25) is 19.2 Å². The molecule has 0 aliphatic carbocycles. The van der Waals surface area contributed by atoms with Crippen molar-refractivity contribution in [3.05, 3.63) is 92.9 Å². The maximum absolute atomic E-state index is 13.6. The Bertz CT molecular complexity index is 1890. The van der Waals surface area contributed by atoms with E-state index >= 15 is 0 Å². The summed E-state index contributed by atoms with van der Waals surface area (Å²) in [6.07, 6.45) is 0.261. The third-order valence-corrected chi connectivity index (χ3v) is 9.57. The van der Waals surface area contributed by atoms with Crippen molar-refractivity contribution in [1.29, 1.82) is 0 Å². The Morgan fingerprint density at radius 1 is 0.875 bits per heavy atom. The first kappa shape index (κ1) is 35.0. The zero-order chi connectivity index (χ0) is 34.7. The molecule has 0 bridgehead atoms. The lowest BCUT2D eigenvalue weighted by molar-refractivity contribution is -0.123. The first-order chi connectivity index (χ1) is 22.9. The molecule has 0 saturated heterocycles. The van der Waals surface area contributed by atoms with Crippen molar-refractivity contribution in [3.8, 4) is 22.3 Å². The van der Waals surface area contributed by atoms with Gasteiger partial charge in [0.05, 0.1) is 27.9 Å². The number of nitrogens with one attached hydrogen (secondary N) is 3. The number of carbonyl (C=O) groups is 4. The second-order valence-electron chi connectivity index (χ2n) is 11.5. The van der Waals surface area contributed by atoms with Crippen molar-refractivity contribution in [1.82, 2.24) is 25.1 Å². The first-order valence-electron chi connectivity index (χ1n) is 15.0. The van der Waals surface area contributed by atoms with Crippen LogP contribution < -0.4 is 21.7 Å². The van der Waals surface area contributed by atoms with Crippen molar-refractivity contribution in [3.63, 3.8) is 0 Å². The van der Waals surface area contributed by atoms with Gasteiger partial charge in [-0.25, -0.2) is 8.78 Å². The second kappa shape index (κ2) is 14.8. The highest BCUT2D eigenvalue weighted by Gasteiger charge is 2.32. The Morgan fingerprint density at radius 3 is 1.75 bits per heavy atom. The molecule has 2 aromatic heterocycles. The van der Waals surface area contributed by atoms with E-state index in [9.17, 15) is 28.0 Å². The van der Waals surface area contributed by atoms with E-state index in [1.165, 1.54) is 24.3 Å². The summed E-state index contributed by atoms with van der Waals surface area (Å²) in [6.45, 7) is 2.20. The molecule has 0 fully saturated rings. The van der Waals surface area contributed by atoms with Crippen LogP contribution in [0.5, 0.6) is 0 Å². The monoisotopic (exact) mass is 788 g/mol. The molecule has 11 nitrogen and oxygen atoms in total. The highest BCUT2D eigenvalue weighted by atomic mass is 79.9. The third kappa shape index (κ3) is 7.53. The summed E-state index contributed by atoms with van der Waals surface area (Å²) in [7, 11) is 0. The van der Waals surface area contributed by atoms with E-state index in [1.54, 1.807) is 52.5 Å². The number of benzene rings is 2. The molecule has 4 aromatic rings. The lowest BCUT2D eigenvalue weighted by atomic mass is 10.1. The minimum absolute atomic E-state index is 0.114. The minimum Gasteiger partial charge on any atom is -0.394 e. The van der Waals surface area contributed by atoms with Gasteiger partial charge in [0.15, 0.2) is 0 Å². The van der Waals surface area contributed by atoms with Gasteiger partial charge >= 0.3 is 0 Å². The number of nitrogens with zero attached hydrogens (tertiary/aromatic N) is 2. The largest absolute Gasteiger partial charge is 0.394 e. The van der Waals surface area contributed by atoms with Crippen molar-refractivity contribution in [2.45, 2.75) is 37.9 Å². The van der Waals surface area contributed by atoms with Crippen molar-refractivity contribution >= 4 is 55.5 Å². The summed E-state index contributed by atoms with van der Waals surface area (Å²) in [4.78, 5) is 47.7. The summed E-state index contributed by atoms with van der Waals surface area (Å²) in [5.41, 5.74) is 8.78. The van der Waals surface area contributed by atoms with E-state index in [0.717, 1.165) is 0 Å². The lowest BCUT2D eigenvalue weighted by Gasteiger charge is -2.27. The fourth-order valence-electron chi connectivity index (χ4n) is 5.72. The van der Waals surface area contributed by atoms with E-state index in [4.69, 9.17) is 10.8 Å². The Balaban J connectivity index is 0.000000190. The van der Waals surface area contributed by atoms with Crippen LogP contribution in [0.15, 0.2) is 69.9 Å². The lowest BCUT2D eigenvalue weighted by Crippen LogP contribution is -2.42. The predicted molar refractivity (Wildman–Crippen MR) is 181 cm³/mol. The summed E-state index contributed by atoms with van der Waals surface area (Å²) in [5, 5.41) is 17.3. The molecule has 4 amide bonds. The summed E-state index contributed by atoms with van der Waals surface area (Å²) >= 11 is 6.97. The van der Waals surface area contributed by atoms with Crippen LogP contribution >= 0.6 is 31.9 Å². The molecule has 15 heteroatoms. The highest BCUT2D eigenvalue weighted by Crippen LogP contribution is 2.38. The van der Waals surface area contributed by atoms with Crippen LogP contribution in [-0.2, 0) is 9.59 Å². The molecule has 1 unspecified atom stereocenters. The maximum Gasteiger partial charge on any atom is 0.268 e. The fourth-order valence-corrected chi connectivity index (χ4v) is 7.37. The number of hydrogen-bond donors (Lipinski definition) is 5. The molecule has 252 valence electrons. The first-order valence-corrected chi connectivity index (χ1v) is 16.5. The number of aromatic nitrogens is 2. The van der Waals surface area contributed by atoms with Gasteiger partial charge in [0.2, 0.25) is 11.8 Å². The number of aliphatic hydroxyl groups excluding tert-OH is 1. The molecule has 6 rings (SSSR count). The SMILES string of the molecule is C[C@@H](CO)NC(=O)C[C@H]1CNC(=O)c2cc(-c3cccc(F)c3)c(Br)n21.NC(=O)CC1CNC(=O)c2cc(-c3cccc(F)c3)c(Br)n21. The molecule has 0 radical (unpaired) electrons. The Kier molecular flexibility index (Phi) is 10.8. The number of amides is 4. The van der Waals surface area contributed by atoms with Crippen LogP contribution in [0.2, 0.25) is 0 Å². The van der Waals surface area contributed by atoms with Gasteiger partial charge in [-0.15, -0.1) is 0 Å². The molecule has 0 saturated carbocycles. The number of primary amides is 1. The third-order valence-electron chi connectivity index (χ3n) is 7.95. The summed E-state index contributed by atoms with van der Waals surface area (Å²) in [6, 6.07) is 14.7. The summed E-state index contributed by atoms with van der Waals surface area (Å²) < 4.78 is 31.8. The van der Waals surface area contributed by atoms with Crippen molar-refractivity contribution in [2.75, 3.05) is 19.7 Å². The number of nitrogens with two attached hydrogens (primary N) is 1. The minimum atomic E-state index is -0.444. The number of halogens is 4. The predicted octanol–water partition coefficient (Wildman–Crippen LogP) is 4.44. The Morgan fingerprint density at radius 2 is 1.33 bits per heavy atom. The maximum atomic E-state index is 13.6. The highest BCUT2D eigenvalue weighted by molar-refractivity contribution is 9.10. The van der Waals surface area contributed by atoms with Crippen molar-refractivity contribution in [2.24, 2.45) is 5.73 Å². The van der Waals surface area contributed by atoms with Gasteiger partial charge in [-0.05, 0) is 86.3 Å². The van der Waals surface area contributed by atoms with Gasteiger partial charge in [0.1, 0.15) is 23.0 Å². The van der Waals surface area contributed by atoms with Crippen LogP contribution in [-0.4, -0.2) is 63.6 Å². The molecule has 2 aromatic carbocycles. The van der Waals surface area contributed by atoms with Crippen molar-refractivity contribution < 1.29 is 33.1 Å². The number of fused-ring (bicyclic) bond motifs is 2. The molecule has 3 atom stereocenters. The molecular formula is C33H32Br2F2N6O5. The van der Waals surface area contributed by atoms with Gasteiger partial charge < -0.3 is 35.9 Å². The van der Waals surface area contributed by atoms with Gasteiger partial charge in [0, 0.05) is 43.1 Å². The molecular weight excluding hydrogens is 758 g/mol. The Labute approximate surface area is 291 Å². The number of hydrogen-bond acceptors (Lipinski definition) is 5. The van der Waals surface area contributed by atoms with E-state index < -0.39 is 5.91 Å². The zero-order valence-corrected chi connectivity index (χ0v) is 28.8. The van der Waals surface area contributed by atoms with Crippen LogP contribution in [0.3, 0.4) is 0 Å². The molecule has 0 spiro atoms. The van der Waals surface area contributed by atoms with Gasteiger partial charge in [-0.1, -0.05) is 24.3 Å². The van der Waals surface area contributed by atoms with Crippen LogP contribution in [0.1, 0.15) is 52.8 Å².